The van der Waals surface area contributed by atoms with Crippen LogP contribution >= 0.6 is 0 Å². The fraction of sp³-hybridized carbons (Fsp3) is 0.375. The molecule has 1 atom stereocenters. The van der Waals surface area contributed by atoms with E-state index in [4.69, 9.17) is 4.84 Å². The Bertz CT molecular complexity index is 1000. The summed E-state index contributed by atoms with van der Waals surface area (Å²) in [6.45, 7) is 5.51. The quantitative estimate of drug-likeness (QED) is 0.790. The van der Waals surface area contributed by atoms with Crippen molar-refractivity contribution in [3.8, 4) is 0 Å². The van der Waals surface area contributed by atoms with Crippen LogP contribution in [0.5, 0.6) is 0 Å². The molecule has 1 fully saturated rings. The summed E-state index contributed by atoms with van der Waals surface area (Å²) in [6.07, 6.45) is 1.97. The van der Waals surface area contributed by atoms with E-state index in [9.17, 15) is 9.59 Å². The third kappa shape index (κ3) is 5.05. The highest BCUT2D eigenvalue weighted by Crippen LogP contribution is 2.33. The summed E-state index contributed by atoms with van der Waals surface area (Å²) in [5.74, 6) is -0.223. The number of oxime groups is 1. The Hall–Kier alpha value is -3.35. The average Bonchev–Trinajstić information content (AvgIpc) is 3.16. The standard InChI is InChI=1S/C24H28N4O3/c1-17-7-9-19(10-8-17)15-25-22(29)21-14-24(31-27-21)11-4-12-28(16-24)23(30)26-20-6-3-5-18(2)13-20/h3,5-10,13H,4,11-12,14-16H2,1-2H3,(H,25,29)(H,26,30). The van der Waals surface area contributed by atoms with Crippen molar-refractivity contribution in [1.29, 1.82) is 0 Å². The van der Waals surface area contributed by atoms with E-state index >= 15 is 0 Å². The third-order valence-electron chi connectivity index (χ3n) is 5.77. The number of likely N-dealkylation sites (tertiary alicyclic amines) is 1. The number of carbonyl (C=O) groups is 2. The molecular weight excluding hydrogens is 392 g/mol. The SMILES string of the molecule is Cc1ccc(CNC(=O)C2=NOC3(CCCN(C(=O)Nc4cccc(C)c4)C3)C2)cc1. The van der Waals surface area contributed by atoms with Gasteiger partial charge in [-0.25, -0.2) is 4.79 Å². The molecule has 0 aromatic heterocycles. The molecule has 7 heteroatoms. The van der Waals surface area contributed by atoms with Crippen molar-refractivity contribution >= 4 is 23.3 Å². The first-order valence-electron chi connectivity index (χ1n) is 10.6. The van der Waals surface area contributed by atoms with Gasteiger partial charge in [0.25, 0.3) is 5.91 Å². The van der Waals surface area contributed by atoms with E-state index in [1.165, 1.54) is 5.56 Å². The lowest BCUT2D eigenvalue weighted by Crippen LogP contribution is -2.52. The maximum atomic E-state index is 12.8. The lowest BCUT2D eigenvalue weighted by atomic mass is 9.88. The Kier molecular flexibility index (Phi) is 5.93. The number of amides is 3. The molecule has 0 radical (unpaired) electrons. The molecule has 1 spiro atoms. The second-order valence-corrected chi connectivity index (χ2v) is 8.48. The molecule has 7 nitrogen and oxygen atoms in total. The molecule has 2 aromatic carbocycles. The molecule has 31 heavy (non-hydrogen) atoms. The van der Waals surface area contributed by atoms with Gasteiger partial charge in [-0.15, -0.1) is 0 Å². The van der Waals surface area contributed by atoms with Crippen molar-refractivity contribution in [2.75, 3.05) is 18.4 Å². The van der Waals surface area contributed by atoms with Crippen molar-refractivity contribution in [2.24, 2.45) is 5.16 Å². The summed E-state index contributed by atoms with van der Waals surface area (Å²) in [6, 6.07) is 15.6. The number of hydrogen-bond acceptors (Lipinski definition) is 4. The third-order valence-corrected chi connectivity index (χ3v) is 5.77. The molecule has 162 valence electrons. The summed E-state index contributed by atoms with van der Waals surface area (Å²) < 4.78 is 0. The van der Waals surface area contributed by atoms with Crippen molar-refractivity contribution < 1.29 is 14.4 Å². The predicted molar refractivity (Wildman–Crippen MR) is 120 cm³/mol. The van der Waals surface area contributed by atoms with Crippen LogP contribution in [-0.4, -0.2) is 41.2 Å². The van der Waals surface area contributed by atoms with Gasteiger partial charge in [0, 0.05) is 25.2 Å². The number of nitrogens with zero attached hydrogens (tertiary/aromatic N) is 2. The fourth-order valence-electron chi connectivity index (χ4n) is 4.05. The molecule has 2 aliphatic rings. The number of nitrogens with one attached hydrogen (secondary N) is 2. The van der Waals surface area contributed by atoms with Gasteiger partial charge >= 0.3 is 6.03 Å². The zero-order chi connectivity index (χ0) is 21.8. The summed E-state index contributed by atoms with van der Waals surface area (Å²) in [5.41, 5.74) is 3.82. The van der Waals surface area contributed by atoms with Crippen LogP contribution in [0.2, 0.25) is 0 Å². The summed E-state index contributed by atoms with van der Waals surface area (Å²) >= 11 is 0. The van der Waals surface area contributed by atoms with Gasteiger partial charge in [0.1, 0.15) is 5.71 Å². The first-order valence-corrected chi connectivity index (χ1v) is 10.6. The summed E-state index contributed by atoms with van der Waals surface area (Å²) in [7, 11) is 0. The van der Waals surface area contributed by atoms with Crippen molar-refractivity contribution in [1.82, 2.24) is 10.2 Å². The number of anilines is 1. The predicted octanol–water partition coefficient (Wildman–Crippen LogP) is 3.76. The number of hydrogen-bond donors (Lipinski definition) is 2. The monoisotopic (exact) mass is 420 g/mol. The highest BCUT2D eigenvalue weighted by molar-refractivity contribution is 6.39. The number of piperidine rings is 1. The highest BCUT2D eigenvalue weighted by atomic mass is 16.7. The van der Waals surface area contributed by atoms with Gasteiger partial charge in [-0.3, -0.25) is 4.79 Å². The van der Waals surface area contributed by atoms with Crippen molar-refractivity contribution in [3.05, 3.63) is 65.2 Å². The second kappa shape index (κ2) is 8.79. The number of urea groups is 1. The largest absolute Gasteiger partial charge is 0.386 e. The molecule has 1 saturated heterocycles. The van der Waals surface area contributed by atoms with Gasteiger partial charge in [0.05, 0.1) is 6.54 Å². The van der Waals surface area contributed by atoms with Crippen LogP contribution in [0.25, 0.3) is 0 Å². The Morgan fingerprint density at radius 3 is 2.71 bits per heavy atom. The highest BCUT2D eigenvalue weighted by Gasteiger charge is 2.45. The topological polar surface area (TPSA) is 83.0 Å². The maximum Gasteiger partial charge on any atom is 0.321 e. The lowest BCUT2D eigenvalue weighted by Gasteiger charge is -2.38. The molecule has 2 N–H and O–H groups in total. The van der Waals surface area contributed by atoms with Crippen molar-refractivity contribution in [3.63, 3.8) is 0 Å². The van der Waals surface area contributed by atoms with E-state index in [1.54, 1.807) is 4.90 Å². The Morgan fingerprint density at radius 1 is 1.13 bits per heavy atom. The zero-order valence-corrected chi connectivity index (χ0v) is 18.0. The van der Waals surface area contributed by atoms with Crippen LogP contribution in [0.1, 0.15) is 36.0 Å². The van der Waals surface area contributed by atoms with E-state index in [0.717, 1.165) is 29.7 Å². The van der Waals surface area contributed by atoms with E-state index in [-0.39, 0.29) is 11.9 Å². The average molecular weight is 421 g/mol. The number of rotatable bonds is 4. The first kappa shape index (κ1) is 20.9. The first-order chi connectivity index (χ1) is 14.9. The number of aryl methyl sites for hydroxylation is 2. The van der Waals surface area contributed by atoms with Crippen LogP contribution in [0, 0.1) is 13.8 Å². The molecule has 0 aliphatic carbocycles. The summed E-state index contributed by atoms with van der Waals surface area (Å²) in [5, 5.41) is 9.94. The van der Waals surface area contributed by atoms with Crippen molar-refractivity contribution in [2.45, 2.75) is 45.3 Å². The molecule has 1 unspecified atom stereocenters. The lowest BCUT2D eigenvalue weighted by molar-refractivity contribution is -0.115. The molecule has 2 heterocycles. The molecule has 3 amide bonds. The molecule has 2 aromatic rings. The minimum Gasteiger partial charge on any atom is -0.386 e. The van der Waals surface area contributed by atoms with Gasteiger partial charge in [0.2, 0.25) is 0 Å². The van der Waals surface area contributed by atoms with Gasteiger partial charge in [-0.2, -0.15) is 0 Å². The Labute approximate surface area is 182 Å². The van der Waals surface area contributed by atoms with E-state index in [2.05, 4.69) is 15.8 Å². The van der Waals surface area contributed by atoms with Gasteiger partial charge in [-0.1, -0.05) is 47.1 Å². The van der Waals surface area contributed by atoms with Crippen LogP contribution in [0.3, 0.4) is 0 Å². The second-order valence-electron chi connectivity index (χ2n) is 8.48. The Morgan fingerprint density at radius 2 is 1.94 bits per heavy atom. The normalized spacial score (nSPS) is 20.2. The summed E-state index contributed by atoms with van der Waals surface area (Å²) in [4.78, 5) is 32.8. The van der Waals surface area contributed by atoms with Crippen LogP contribution in [0.15, 0.2) is 53.7 Å². The van der Waals surface area contributed by atoms with E-state index in [0.29, 0.717) is 31.8 Å². The van der Waals surface area contributed by atoms with Crippen LogP contribution < -0.4 is 10.6 Å². The van der Waals surface area contributed by atoms with Gasteiger partial charge in [-0.05, 0) is 49.9 Å². The smallest absolute Gasteiger partial charge is 0.321 e. The van der Waals surface area contributed by atoms with Gasteiger partial charge in [0.15, 0.2) is 5.60 Å². The minimum absolute atomic E-state index is 0.162. The van der Waals surface area contributed by atoms with Crippen LogP contribution in [-0.2, 0) is 16.2 Å². The zero-order valence-electron chi connectivity index (χ0n) is 18.0. The molecule has 2 aliphatic heterocycles. The minimum atomic E-state index is -0.626. The maximum absolute atomic E-state index is 12.8. The molecule has 0 bridgehead atoms. The van der Waals surface area contributed by atoms with Gasteiger partial charge < -0.3 is 20.4 Å². The fourth-order valence-corrected chi connectivity index (χ4v) is 4.05. The van der Waals surface area contributed by atoms with E-state index in [1.807, 2.05) is 62.4 Å². The number of benzene rings is 2. The molecule has 4 rings (SSSR count). The molecular formula is C24H28N4O3. The number of carbonyl (C=O) groups excluding carboxylic acids is 2. The Balaban J connectivity index is 1.32. The van der Waals surface area contributed by atoms with Crippen LogP contribution in [0.4, 0.5) is 10.5 Å². The molecule has 0 saturated carbocycles. The van der Waals surface area contributed by atoms with E-state index < -0.39 is 5.60 Å².